The highest BCUT2D eigenvalue weighted by molar-refractivity contribution is 6.33. The van der Waals surface area contributed by atoms with Crippen molar-refractivity contribution in [3.05, 3.63) is 23.5 Å². The van der Waals surface area contributed by atoms with Crippen LogP contribution in [0.2, 0.25) is 5.02 Å². The first kappa shape index (κ1) is 9.74. The zero-order chi connectivity index (χ0) is 9.80. The van der Waals surface area contributed by atoms with Crippen molar-refractivity contribution in [1.82, 2.24) is 10.3 Å². The maximum atomic E-state index is 6.00. The van der Waals surface area contributed by atoms with E-state index in [0.29, 0.717) is 11.1 Å². The van der Waals surface area contributed by atoms with Gasteiger partial charge in [0.05, 0.1) is 10.7 Å². The Morgan fingerprint density at radius 3 is 3.21 bits per heavy atom. The molecule has 76 valence electrons. The van der Waals surface area contributed by atoms with Gasteiger partial charge in [-0.1, -0.05) is 11.6 Å². The quantitative estimate of drug-likeness (QED) is 0.785. The minimum Gasteiger partial charge on any atom is -0.380 e. The van der Waals surface area contributed by atoms with E-state index >= 15 is 0 Å². The first-order valence-corrected chi connectivity index (χ1v) is 5.31. The van der Waals surface area contributed by atoms with Gasteiger partial charge in [-0.15, -0.1) is 0 Å². The fourth-order valence-electron chi connectivity index (χ4n) is 1.69. The highest BCUT2D eigenvalue weighted by Gasteiger charge is 2.13. The number of anilines is 1. The molecule has 0 aliphatic carbocycles. The lowest BCUT2D eigenvalue weighted by molar-refractivity contribution is 0.480. The smallest absolute Gasteiger partial charge is 0.0820 e. The third-order valence-corrected chi connectivity index (χ3v) is 2.73. The fourth-order valence-corrected chi connectivity index (χ4v) is 1.86. The summed E-state index contributed by atoms with van der Waals surface area (Å²) in [6, 6.07) is 2.40. The van der Waals surface area contributed by atoms with Crippen LogP contribution in [0.1, 0.15) is 12.8 Å². The number of rotatable bonds is 2. The summed E-state index contributed by atoms with van der Waals surface area (Å²) in [6.07, 6.45) is 5.84. The lowest BCUT2D eigenvalue weighted by atomic mass is 10.1. The molecule has 1 aliphatic heterocycles. The van der Waals surface area contributed by atoms with E-state index in [1.807, 2.05) is 6.07 Å². The molecule has 4 heteroatoms. The predicted octanol–water partition coefficient (Wildman–Crippen LogP) is 1.90. The summed E-state index contributed by atoms with van der Waals surface area (Å²) in [7, 11) is 0. The van der Waals surface area contributed by atoms with Crippen LogP contribution in [0.5, 0.6) is 0 Å². The summed E-state index contributed by atoms with van der Waals surface area (Å²) in [6.45, 7) is 2.14. The Bertz CT molecular complexity index is 297. The Morgan fingerprint density at radius 1 is 1.57 bits per heavy atom. The Morgan fingerprint density at radius 2 is 2.50 bits per heavy atom. The molecule has 0 spiro atoms. The van der Waals surface area contributed by atoms with Crippen LogP contribution in [0, 0.1) is 0 Å². The second kappa shape index (κ2) is 4.62. The molecule has 1 aliphatic rings. The van der Waals surface area contributed by atoms with Crippen molar-refractivity contribution in [2.24, 2.45) is 0 Å². The Hall–Kier alpha value is -0.800. The number of nitrogens with one attached hydrogen (secondary N) is 2. The van der Waals surface area contributed by atoms with Gasteiger partial charge < -0.3 is 10.6 Å². The molecule has 3 nitrogen and oxygen atoms in total. The Balaban J connectivity index is 1.99. The number of hydrogen-bond acceptors (Lipinski definition) is 3. The lowest BCUT2D eigenvalue weighted by Crippen LogP contribution is -2.38. The minimum absolute atomic E-state index is 0.489. The van der Waals surface area contributed by atoms with Crippen molar-refractivity contribution in [2.45, 2.75) is 18.9 Å². The number of pyridine rings is 1. The van der Waals surface area contributed by atoms with Crippen molar-refractivity contribution in [1.29, 1.82) is 0 Å². The van der Waals surface area contributed by atoms with E-state index in [2.05, 4.69) is 15.6 Å². The van der Waals surface area contributed by atoms with Gasteiger partial charge in [0, 0.05) is 25.0 Å². The van der Waals surface area contributed by atoms with Crippen LogP contribution in [0.15, 0.2) is 18.5 Å². The van der Waals surface area contributed by atoms with Gasteiger partial charge in [0.15, 0.2) is 0 Å². The normalized spacial score (nSPS) is 21.9. The Kier molecular flexibility index (Phi) is 3.22. The molecule has 1 aromatic rings. The van der Waals surface area contributed by atoms with E-state index in [0.717, 1.165) is 18.8 Å². The highest BCUT2D eigenvalue weighted by atomic mass is 35.5. The molecule has 2 N–H and O–H groups in total. The zero-order valence-corrected chi connectivity index (χ0v) is 8.72. The summed E-state index contributed by atoms with van der Waals surface area (Å²) in [4.78, 5) is 3.95. The summed E-state index contributed by atoms with van der Waals surface area (Å²) >= 11 is 6.00. The molecule has 1 saturated heterocycles. The fraction of sp³-hybridized carbons (Fsp3) is 0.500. The van der Waals surface area contributed by atoms with Crippen LogP contribution in [-0.4, -0.2) is 24.1 Å². The molecule has 0 saturated carbocycles. The Labute approximate surface area is 88.9 Å². The van der Waals surface area contributed by atoms with Crippen molar-refractivity contribution in [2.75, 3.05) is 18.4 Å². The van der Waals surface area contributed by atoms with Gasteiger partial charge >= 0.3 is 0 Å². The molecule has 0 radical (unpaired) electrons. The average Bonchev–Trinajstić information content (AvgIpc) is 2.23. The van der Waals surface area contributed by atoms with E-state index in [4.69, 9.17) is 11.6 Å². The molecule has 1 atom stereocenters. The van der Waals surface area contributed by atoms with Gasteiger partial charge in [-0.3, -0.25) is 4.98 Å². The van der Waals surface area contributed by atoms with Crippen molar-refractivity contribution < 1.29 is 0 Å². The van der Waals surface area contributed by atoms with Crippen molar-refractivity contribution in [3.8, 4) is 0 Å². The molecule has 1 fully saturated rings. The van der Waals surface area contributed by atoms with E-state index in [9.17, 15) is 0 Å². The average molecular weight is 212 g/mol. The van der Waals surface area contributed by atoms with E-state index < -0.39 is 0 Å². The topological polar surface area (TPSA) is 37.0 Å². The summed E-state index contributed by atoms with van der Waals surface area (Å²) in [5, 5.41) is 7.46. The molecule has 2 rings (SSSR count). The molecule has 0 aromatic carbocycles. The first-order valence-electron chi connectivity index (χ1n) is 4.93. The largest absolute Gasteiger partial charge is 0.380 e. The zero-order valence-electron chi connectivity index (χ0n) is 7.96. The van der Waals surface area contributed by atoms with E-state index in [1.54, 1.807) is 12.4 Å². The van der Waals surface area contributed by atoms with Gasteiger partial charge in [-0.25, -0.2) is 0 Å². The third kappa shape index (κ3) is 2.36. The SMILES string of the molecule is Clc1cnccc1NC1CCCNC1. The summed E-state index contributed by atoms with van der Waals surface area (Å²) in [5.41, 5.74) is 0.982. The number of halogens is 1. The second-order valence-electron chi connectivity index (χ2n) is 3.54. The lowest BCUT2D eigenvalue weighted by Gasteiger charge is -2.25. The summed E-state index contributed by atoms with van der Waals surface area (Å²) < 4.78 is 0. The van der Waals surface area contributed by atoms with Crippen LogP contribution in [0.4, 0.5) is 5.69 Å². The van der Waals surface area contributed by atoms with Gasteiger partial charge in [0.2, 0.25) is 0 Å². The second-order valence-corrected chi connectivity index (χ2v) is 3.95. The molecule has 2 heterocycles. The minimum atomic E-state index is 0.489. The molecule has 14 heavy (non-hydrogen) atoms. The van der Waals surface area contributed by atoms with Gasteiger partial charge in [0.1, 0.15) is 0 Å². The maximum absolute atomic E-state index is 6.00. The van der Waals surface area contributed by atoms with Crippen molar-refractivity contribution >= 4 is 17.3 Å². The molecule has 0 bridgehead atoms. The molecular weight excluding hydrogens is 198 g/mol. The number of piperidine rings is 1. The monoisotopic (exact) mass is 211 g/mol. The number of aromatic nitrogens is 1. The van der Waals surface area contributed by atoms with Crippen LogP contribution < -0.4 is 10.6 Å². The van der Waals surface area contributed by atoms with Gasteiger partial charge in [-0.2, -0.15) is 0 Å². The standard InChI is InChI=1S/C10H14ClN3/c11-9-7-13-5-3-10(9)14-8-2-1-4-12-6-8/h3,5,7-8,12H,1-2,4,6H2,(H,13,14). The molecule has 1 unspecified atom stereocenters. The number of hydrogen-bond donors (Lipinski definition) is 2. The van der Waals surface area contributed by atoms with Gasteiger partial charge in [-0.05, 0) is 25.5 Å². The molecular formula is C10H14ClN3. The van der Waals surface area contributed by atoms with E-state index in [1.165, 1.54) is 12.8 Å². The van der Waals surface area contributed by atoms with Crippen LogP contribution in [0.25, 0.3) is 0 Å². The van der Waals surface area contributed by atoms with Gasteiger partial charge in [0.25, 0.3) is 0 Å². The van der Waals surface area contributed by atoms with Crippen LogP contribution in [-0.2, 0) is 0 Å². The summed E-state index contributed by atoms with van der Waals surface area (Å²) in [5.74, 6) is 0. The van der Waals surface area contributed by atoms with Crippen LogP contribution >= 0.6 is 11.6 Å². The predicted molar refractivity (Wildman–Crippen MR) is 58.8 cm³/mol. The first-order chi connectivity index (χ1) is 6.86. The van der Waals surface area contributed by atoms with Crippen LogP contribution in [0.3, 0.4) is 0 Å². The number of nitrogens with zero attached hydrogens (tertiary/aromatic N) is 1. The highest BCUT2D eigenvalue weighted by Crippen LogP contribution is 2.21. The molecule has 0 amide bonds. The maximum Gasteiger partial charge on any atom is 0.0820 e. The van der Waals surface area contributed by atoms with Crippen molar-refractivity contribution in [3.63, 3.8) is 0 Å². The third-order valence-electron chi connectivity index (χ3n) is 2.43. The molecule has 1 aromatic heterocycles. The van der Waals surface area contributed by atoms with E-state index in [-0.39, 0.29) is 0 Å².